The van der Waals surface area contributed by atoms with Gasteiger partial charge in [0.1, 0.15) is 16.9 Å². The molecule has 37 heavy (non-hydrogen) atoms. The van der Waals surface area contributed by atoms with Crippen molar-refractivity contribution in [2.24, 2.45) is 5.92 Å². The molecule has 0 radical (unpaired) electrons. The van der Waals surface area contributed by atoms with E-state index >= 15 is 0 Å². The monoisotopic (exact) mass is 537 g/mol. The van der Waals surface area contributed by atoms with Crippen LogP contribution in [0.3, 0.4) is 0 Å². The normalized spacial score (nSPS) is 20.8. The Bertz CT molecular complexity index is 1440. The first kappa shape index (κ1) is 24.4. The van der Waals surface area contributed by atoms with Crippen LogP contribution >= 0.6 is 23.4 Å². The zero-order valence-electron chi connectivity index (χ0n) is 21.2. The van der Waals surface area contributed by atoms with E-state index in [1.165, 1.54) is 17.3 Å². The number of carbonyl (C=O) groups is 1. The number of nitrogens with zero attached hydrogens (tertiary/aromatic N) is 7. The molecule has 6 rings (SSSR count). The van der Waals surface area contributed by atoms with Gasteiger partial charge in [0.2, 0.25) is 0 Å². The van der Waals surface area contributed by atoms with Crippen molar-refractivity contribution >= 4 is 51.5 Å². The number of rotatable bonds is 4. The average Bonchev–Trinajstić information content (AvgIpc) is 3.34. The van der Waals surface area contributed by atoms with Crippen LogP contribution in [0.15, 0.2) is 40.3 Å². The lowest BCUT2D eigenvalue weighted by atomic mass is 9.93. The van der Waals surface area contributed by atoms with Crippen LogP contribution in [-0.4, -0.2) is 67.2 Å². The molecule has 9 nitrogen and oxygen atoms in total. The number of amides is 1. The van der Waals surface area contributed by atoms with Gasteiger partial charge in [-0.2, -0.15) is 0 Å². The minimum atomic E-state index is -0.516. The van der Waals surface area contributed by atoms with Crippen molar-refractivity contribution < 1.29 is 9.53 Å². The van der Waals surface area contributed by atoms with Crippen molar-refractivity contribution in [1.82, 2.24) is 29.8 Å². The molecule has 0 aromatic carbocycles. The summed E-state index contributed by atoms with van der Waals surface area (Å²) >= 11 is 8.32. The quantitative estimate of drug-likeness (QED) is 0.429. The molecule has 2 saturated heterocycles. The maximum atomic E-state index is 12.7. The lowest BCUT2D eigenvalue weighted by Gasteiger charge is -2.43. The van der Waals surface area contributed by atoms with E-state index in [9.17, 15) is 4.79 Å². The molecule has 3 aliphatic rings. The summed E-state index contributed by atoms with van der Waals surface area (Å²) in [6.45, 7) is 9.99. The topological polar surface area (TPSA) is 97.2 Å². The number of fused-ring (bicyclic) bond motifs is 3. The number of hydrogen-bond donors (Lipinski definition) is 0. The van der Waals surface area contributed by atoms with Gasteiger partial charge in [-0.25, -0.2) is 24.7 Å². The molecular weight excluding hydrogens is 510 g/mol. The molecule has 0 saturated carbocycles. The highest BCUT2D eigenvalue weighted by Gasteiger charge is 2.50. The summed E-state index contributed by atoms with van der Waals surface area (Å²) < 4.78 is 5.62. The van der Waals surface area contributed by atoms with E-state index in [-0.39, 0.29) is 12.1 Å². The minimum absolute atomic E-state index is 0.106. The van der Waals surface area contributed by atoms with Crippen molar-refractivity contribution in [1.29, 1.82) is 0 Å². The number of ether oxygens (including phenoxy) is 1. The molecule has 3 aromatic heterocycles. The van der Waals surface area contributed by atoms with Crippen LogP contribution in [0.1, 0.15) is 45.4 Å². The highest BCUT2D eigenvalue weighted by Crippen LogP contribution is 2.45. The molecular formula is C26H28ClN7O2S. The molecule has 0 spiro atoms. The second kappa shape index (κ2) is 9.09. The van der Waals surface area contributed by atoms with Crippen molar-refractivity contribution in [2.45, 2.75) is 62.2 Å². The average molecular weight is 538 g/mol. The molecule has 2 unspecified atom stereocenters. The van der Waals surface area contributed by atoms with E-state index in [4.69, 9.17) is 26.3 Å². The highest BCUT2D eigenvalue weighted by molar-refractivity contribution is 7.99. The number of carbonyl (C=O) groups excluding carboxylic acids is 1. The molecule has 3 aromatic rings. The van der Waals surface area contributed by atoms with Crippen molar-refractivity contribution in [3.63, 3.8) is 0 Å². The Hall–Kier alpha value is -2.98. The molecule has 0 bridgehead atoms. The molecule has 2 aliphatic heterocycles. The van der Waals surface area contributed by atoms with Gasteiger partial charge < -0.3 is 14.5 Å². The van der Waals surface area contributed by atoms with Crippen LogP contribution < -0.4 is 4.90 Å². The SMILES string of the molecule is CCC1=C(Cl)c2c(nc(Sc3cnc4nccnc4c3)nc2N2CC3CN(C(=O)OC(C)(C)C)C3C2)C1. The van der Waals surface area contributed by atoms with Gasteiger partial charge in [0.15, 0.2) is 10.8 Å². The molecule has 1 amide bonds. The third-order valence-corrected chi connectivity index (χ3v) is 8.24. The van der Waals surface area contributed by atoms with Gasteiger partial charge in [-0.05, 0) is 50.6 Å². The van der Waals surface area contributed by atoms with Crippen LogP contribution in [0, 0.1) is 5.92 Å². The van der Waals surface area contributed by atoms with Gasteiger partial charge in [-0.3, -0.25) is 4.98 Å². The lowest BCUT2D eigenvalue weighted by Crippen LogP contribution is -2.59. The standard InChI is InChI=1S/C26H28ClN7O2S/c1-5-14-8-17-20(21(14)27)23(33-11-15-12-34(19(15)13-33)25(35)36-26(2,3)4)32-24(31-17)37-16-9-18-22(30-10-16)29-7-6-28-18/h6-7,9-10,15,19H,5,8,11-13H2,1-4H3. The van der Waals surface area contributed by atoms with Gasteiger partial charge >= 0.3 is 6.09 Å². The zero-order chi connectivity index (χ0) is 25.9. The van der Waals surface area contributed by atoms with Gasteiger partial charge in [-0.15, -0.1) is 0 Å². The lowest BCUT2D eigenvalue weighted by molar-refractivity contribution is -0.0163. The van der Waals surface area contributed by atoms with Crippen LogP contribution in [-0.2, 0) is 11.2 Å². The van der Waals surface area contributed by atoms with Gasteiger partial charge in [0.05, 0.1) is 22.3 Å². The number of pyridine rings is 1. The largest absolute Gasteiger partial charge is 0.444 e. The first-order valence-corrected chi connectivity index (χ1v) is 13.7. The van der Waals surface area contributed by atoms with E-state index < -0.39 is 5.60 Å². The molecule has 192 valence electrons. The van der Waals surface area contributed by atoms with E-state index in [1.807, 2.05) is 31.7 Å². The van der Waals surface area contributed by atoms with Crippen LogP contribution in [0.25, 0.3) is 16.2 Å². The fourth-order valence-electron chi connectivity index (χ4n) is 5.18. The molecule has 1 aliphatic carbocycles. The Labute approximate surface area is 224 Å². The summed E-state index contributed by atoms with van der Waals surface area (Å²) in [5.41, 5.74) is 3.87. The second-order valence-electron chi connectivity index (χ2n) is 10.6. The number of anilines is 1. The third-order valence-electron chi connectivity index (χ3n) is 6.96. The summed E-state index contributed by atoms with van der Waals surface area (Å²) in [6, 6.07) is 2.06. The summed E-state index contributed by atoms with van der Waals surface area (Å²) in [7, 11) is 0. The Morgan fingerprint density at radius 2 is 1.97 bits per heavy atom. The molecule has 2 atom stereocenters. The smallest absolute Gasteiger partial charge is 0.410 e. The van der Waals surface area contributed by atoms with E-state index in [2.05, 4.69) is 26.8 Å². The van der Waals surface area contributed by atoms with Gasteiger partial charge in [-0.1, -0.05) is 18.5 Å². The van der Waals surface area contributed by atoms with Gasteiger partial charge in [0.25, 0.3) is 0 Å². The van der Waals surface area contributed by atoms with E-state index in [0.717, 1.165) is 51.9 Å². The summed E-state index contributed by atoms with van der Waals surface area (Å²) in [5.74, 6) is 1.22. The Morgan fingerprint density at radius 1 is 1.16 bits per heavy atom. The summed E-state index contributed by atoms with van der Waals surface area (Å²) in [6.07, 6.45) is 6.40. The predicted octanol–water partition coefficient (Wildman–Crippen LogP) is 4.94. The predicted molar refractivity (Wildman–Crippen MR) is 143 cm³/mol. The van der Waals surface area contributed by atoms with E-state index in [1.54, 1.807) is 18.6 Å². The molecule has 5 heterocycles. The molecule has 0 N–H and O–H groups in total. The summed E-state index contributed by atoms with van der Waals surface area (Å²) in [5, 5.41) is 1.40. The highest BCUT2D eigenvalue weighted by atomic mass is 35.5. The van der Waals surface area contributed by atoms with Crippen LogP contribution in [0.4, 0.5) is 10.6 Å². The van der Waals surface area contributed by atoms with E-state index in [0.29, 0.717) is 29.8 Å². The van der Waals surface area contributed by atoms with Crippen LogP contribution in [0.5, 0.6) is 0 Å². The second-order valence-corrected chi connectivity index (χ2v) is 12.1. The van der Waals surface area contributed by atoms with Crippen molar-refractivity contribution in [3.05, 3.63) is 41.5 Å². The molecule has 2 fully saturated rings. The Morgan fingerprint density at radius 3 is 2.76 bits per heavy atom. The fourth-order valence-corrected chi connectivity index (χ4v) is 6.35. The zero-order valence-corrected chi connectivity index (χ0v) is 22.8. The first-order chi connectivity index (χ1) is 17.7. The summed E-state index contributed by atoms with van der Waals surface area (Å²) in [4.78, 5) is 40.6. The van der Waals surface area contributed by atoms with Crippen LogP contribution in [0.2, 0.25) is 0 Å². The maximum absolute atomic E-state index is 12.7. The Balaban J connectivity index is 1.30. The van der Waals surface area contributed by atoms with Crippen molar-refractivity contribution in [2.75, 3.05) is 24.5 Å². The molecule has 11 heteroatoms. The first-order valence-electron chi connectivity index (χ1n) is 12.5. The number of likely N-dealkylation sites (tertiary alicyclic amines) is 1. The Kier molecular flexibility index (Phi) is 5.99. The van der Waals surface area contributed by atoms with Crippen molar-refractivity contribution in [3.8, 4) is 0 Å². The fraction of sp³-hybridized carbons (Fsp3) is 0.462. The third kappa shape index (κ3) is 4.50. The van der Waals surface area contributed by atoms with Gasteiger partial charge in [0, 0.05) is 55.5 Å². The number of halogens is 1. The minimum Gasteiger partial charge on any atom is -0.444 e. The number of aromatic nitrogens is 5. The number of allylic oxidation sites excluding steroid dienone is 1. The maximum Gasteiger partial charge on any atom is 0.410 e. The number of hydrogen-bond acceptors (Lipinski definition) is 9.